The number of imidazole rings is 2. The fourth-order valence-corrected chi connectivity index (χ4v) is 4.18. The van der Waals surface area contributed by atoms with Gasteiger partial charge in [-0.1, -0.05) is 13.5 Å². The number of hydrazine groups is 1. The summed E-state index contributed by atoms with van der Waals surface area (Å²) in [5.41, 5.74) is 18.1. The third kappa shape index (κ3) is 4.24. The zero-order valence-corrected chi connectivity index (χ0v) is 20.0. The fraction of sp³-hybridized carbons (Fsp3) is 0.409. The maximum Gasteiger partial charge on any atom is 0.248 e. The first-order chi connectivity index (χ1) is 15.7. The van der Waals surface area contributed by atoms with Crippen molar-refractivity contribution in [2.45, 2.75) is 40.0 Å². The largest absolute Gasteiger partial charge is 0.494 e. The van der Waals surface area contributed by atoms with Crippen LogP contribution in [0.2, 0.25) is 0 Å². The van der Waals surface area contributed by atoms with Gasteiger partial charge in [0, 0.05) is 17.8 Å². The first-order valence-electron chi connectivity index (χ1n) is 10.7. The first-order valence-corrected chi connectivity index (χ1v) is 10.7. The maximum absolute atomic E-state index is 11.9. The third-order valence-electron chi connectivity index (χ3n) is 5.84. The molecule has 1 amide bonds. The maximum atomic E-state index is 11.9. The second kappa shape index (κ2) is 9.51. The van der Waals surface area contributed by atoms with Crippen LogP contribution in [0.3, 0.4) is 0 Å². The molecule has 2 unspecified atom stereocenters. The van der Waals surface area contributed by atoms with E-state index in [9.17, 15) is 4.79 Å². The van der Waals surface area contributed by atoms with Gasteiger partial charge in [0.1, 0.15) is 17.4 Å². The zero-order chi connectivity index (χ0) is 24.4. The lowest BCUT2D eigenvalue weighted by Crippen LogP contribution is -2.46. The lowest BCUT2D eigenvalue weighted by Gasteiger charge is -2.29. The van der Waals surface area contributed by atoms with Gasteiger partial charge >= 0.3 is 0 Å². The molecule has 6 N–H and O–H groups in total. The number of benzene rings is 1. The smallest absolute Gasteiger partial charge is 0.248 e. The number of nitrogens with zero attached hydrogens (tertiary/aromatic N) is 5. The third-order valence-corrected chi connectivity index (χ3v) is 5.84. The van der Waals surface area contributed by atoms with Crippen molar-refractivity contribution in [2.75, 3.05) is 31.8 Å². The normalized spacial score (nSPS) is 13.3. The van der Waals surface area contributed by atoms with Gasteiger partial charge in [-0.05, 0) is 46.0 Å². The number of carbonyl (C=O) groups is 1. The van der Waals surface area contributed by atoms with Crippen molar-refractivity contribution < 1.29 is 9.53 Å². The van der Waals surface area contributed by atoms with Gasteiger partial charge in [0.2, 0.25) is 17.8 Å². The molecule has 0 aliphatic heterocycles. The van der Waals surface area contributed by atoms with Crippen LogP contribution in [0.25, 0.3) is 17.1 Å². The second-order valence-electron chi connectivity index (χ2n) is 7.69. The molecule has 0 saturated heterocycles. The molecular weight excluding hydrogens is 422 g/mol. The summed E-state index contributed by atoms with van der Waals surface area (Å²) in [6, 6.07) is 3.28. The van der Waals surface area contributed by atoms with Crippen LogP contribution in [0.4, 0.5) is 11.9 Å². The summed E-state index contributed by atoms with van der Waals surface area (Å²) >= 11 is 0. The number of fused-ring (bicyclic) bond motifs is 1. The van der Waals surface area contributed by atoms with Crippen molar-refractivity contribution in [3.05, 3.63) is 35.7 Å². The highest BCUT2D eigenvalue weighted by atomic mass is 16.5. The number of nitrogens with one attached hydrogen (secondary N) is 2. The lowest BCUT2D eigenvalue weighted by atomic mass is 10.1. The summed E-state index contributed by atoms with van der Waals surface area (Å²) in [5.74, 6) is 0.848. The highest BCUT2D eigenvalue weighted by Gasteiger charge is 2.26. The van der Waals surface area contributed by atoms with Crippen LogP contribution in [0.15, 0.2) is 18.7 Å². The molecule has 11 heteroatoms. The Kier molecular flexibility index (Phi) is 6.94. The van der Waals surface area contributed by atoms with Gasteiger partial charge < -0.3 is 21.5 Å². The molecule has 0 fully saturated rings. The molecule has 2 atom stereocenters. The Balaban J connectivity index is 2.29. The molecular formula is C22H33N9O2. The van der Waals surface area contributed by atoms with Crippen LogP contribution in [-0.2, 0) is 0 Å². The standard InChI is InChI=1S/C22H33N9O2/c1-8-16-12(3)30(21(24)27-16)14(5)31-19-17(10-15(20(23)32)11-18(19)33-7)28-22(31)26-13(4)29(9-2)25-6/h8,10-11,13-14,25H,1,9H2,2-7H3,(H2,23,32)(H2,24,27)(H,26,28). The van der Waals surface area contributed by atoms with Crippen molar-refractivity contribution in [3.8, 4) is 5.75 Å². The van der Waals surface area contributed by atoms with E-state index < -0.39 is 5.91 Å². The summed E-state index contributed by atoms with van der Waals surface area (Å²) in [6.07, 6.45) is 1.24. The zero-order valence-electron chi connectivity index (χ0n) is 20.0. The quantitative estimate of drug-likeness (QED) is 0.269. The predicted molar refractivity (Wildman–Crippen MR) is 131 cm³/mol. The van der Waals surface area contributed by atoms with Crippen LogP contribution in [0.5, 0.6) is 5.75 Å². The molecule has 11 nitrogen and oxygen atoms in total. The van der Waals surface area contributed by atoms with E-state index in [0.29, 0.717) is 39.9 Å². The van der Waals surface area contributed by atoms with E-state index in [4.69, 9.17) is 21.2 Å². The minimum atomic E-state index is -0.557. The number of methoxy groups -OCH3 is 1. The SMILES string of the molecule is C=Cc1nc(N)n(C(C)n2c(NC(C)N(CC)NC)nc3cc(C(N)=O)cc(OC)c32)c1C. The predicted octanol–water partition coefficient (Wildman–Crippen LogP) is 2.15. The monoisotopic (exact) mass is 455 g/mol. The minimum absolute atomic E-state index is 0.102. The number of rotatable bonds is 10. The van der Waals surface area contributed by atoms with Crippen molar-refractivity contribution in [1.82, 2.24) is 29.5 Å². The minimum Gasteiger partial charge on any atom is -0.494 e. The number of hydrogen-bond acceptors (Lipinski definition) is 8. The topological polar surface area (TPSA) is 141 Å². The number of nitrogens with two attached hydrogens (primary N) is 2. The summed E-state index contributed by atoms with van der Waals surface area (Å²) in [4.78, 5) is 21.1. The van der Waals surface area contributed by atoms with Crippen LogP contribution in [0.1, 0.15) is 48.7 Å². The van der Waals surface area contributed by atoms with Crippen molar-refractivity contribution >= 4 is 34.9 Å². The molecule has 0 aliphatic carbocycles. The molecule has 33 heavy (non-hydrogen) atoms. The van der Waals surface area contributed by atoms with E-state index in [0.717, 1.165) is 12.2 Å². The summed E-state index contributed by atoms with van der Waals surface area (Å²) < 4.78 is 9.54. The fourth-order valence-electron chi connectivity index (χ4n) is 4.18. The van der Waals surface area contributed by atoms with E-state index in [1.165, 1.54) is 0 Å². The van der Waals surface area contributed by atoms with Gasteiger partial charge in [0.15, 0.2) is 0 Å². The first kappa shape index (κ1) is 24.1. The number of ether oxygens (including phenoxy) is 1. The molecule has 0 aliphatic rings. The molecule has 3 aromatic rings. The number of amides is 1. The average molecular weight is 456 g/mol. The highest BCUT2D eigenvalue weighted by molar-refractivity contribution is 5.99. The van der Waals surface area contributed by atoms with E-state index in [-0.39, 0.29) is 12.3 Å². The van der Waals surface area contributed by atoms with Crippen LogP contribution in [-0.4, -0.2) is 56.9 Å². The highest BCUT2D eigenvalue weighted by Crippen LogP contribution is 2.35. The molecule has 178 valence electrons. The molecule has 1 aromatic carbocycles. The number of anilines is 2. The van der Waals surface area contributed by atoms with Crippen LogP contribution < -0.4 is 26.9 Å². The Bertz CT molecular complexity index is 1180. The second-order valence-corrected chi connectivity index (χ2v) is 7.69. The van der Waals surface area contributed by atoms with Gasteiger partial charge in [-0.2, -0.15) is 0 Å². The van der Waals surface area contributed by atoms with Crippen LogP contribution >= 0.6 is 0 Å². The number of hydrogen-bond donors (Lipinski definition) is 4. The molecule has 0 bridgehead atoms. The lowest BCUT2D eigenvalue weighted by molar-refractivity contribution is 0.1000. The number of primary amides is 1. The molecule has 2 aromatic heterocycles. The van der Waals surface area contributed by atoms with Crippen molar-refractivity contribution in [1.29, 1.82) is 0 Å². The molecule has 0 spiro atoms. The number of nitrogen functional groups attached to an aromatic ring is 1. The average Bonchev–Trinajstić information content (AvgIpc) is 3.29. The molecule has 0 radical (unpaired) electrons. The van der Waals surface area contributed by atoms with Crippen molar-refractivity contribution in [3.63, 3.8) is 0 Å². The van der Waals surface area contributed by atoms with E-state index in [2.05, 4.69) is 29.2 Å². The van der Waals surface area contributed by atoms with Crippen molar-refractivity contribution in [2.24, 2.45) is 5.73 Å². The van der Waals surface area contributed by atoms with Gasteiger partial charge in [-0.3, -0.25) is 19.4 Å². The Morgan fingerprint density at radius 2 is 2.03 bits per heavy atom. The Morgan fingerprint density at radius 3 is 2.55 bits per heavy atom. The Morgan fingerprint density at radius 1 is 1.33 bits per heavy atom. The number of carbonyl (C=O) groups excluding carboxylic acids is 1. The van der Waals surface area contributed by atoms with Gasteiger partial charge in [-0.15, -0.1) is 0 Å². The van der Waals surface area contributed by atoms with Gasteiger partial charge in [0.25, 0.3) is 0 Å². The molecule has 3 rings (SSSR count). The number of aromatic nitrogens is 4. The van der Waals surface area contributed by atoms with Crippen LogP contribution in [0, 0.1) is 6.92 Å². The summed E-state index contributed by atoms with van der Waals surface area (Å²) in [7, 11) is 3.41. The van der Waals surface area contributed by atoms with E-state index in [1.807, 2.05) is 42.0 Å². The van der Waals surface area contributed by atoms with E-state index in [1.54, 1.807) is 25.3 Å². The van der Waals surface area contributed by atoms with E-state index >= 15 is 0 Å². The van der Waals surface area contributed by atoms with Gasteiger partial charge in [-0.25, -0.2) is 15.0 Å². The summed E-state index contributed by atoms with van der Waals surface area (Å²) in [5, 5.41) is 5.48. The van der Waals surface area contributed by atoms with Gasteiger partial charge in [0.05, 0.1) is 24.5 Å². The molecule has 2 heterocycles. The Labute approximate surface area is 193 Å². The molecule has 0 saturated carbocycles. The Hall–Kier alpha value is -3.57. The summed E-state index contributed by atoms with van der Waals surface area (Å²) in [6.45, 7) is 12.6.